The summed E-state index contributed by atoms with van der Waals surface area (Å²) in [6.45, 7) is 0. The number of rotatable bonds is 0. The van der Waals surface area contributed by atoms with Crippen molar-refractivity contribution in [3.8, 4) is 0 Å². The van der Waals surface area contributed by atoms with Crippen molar-refractivity contribution in [2.75, 3.05) is 0 Å². The van der Waals surface area contributed by atoms with Gasteiger partial charge in [-0.1, -0.05) is 34.2 Å². The van der Waals surface area contributed by atoms with E-state index in [9.17, 15) is 0 Å². The Labute approximate surface area is 64.9 Å². The lowest BCUT2D eigenvalue weighted by Crippen LogP contribution is -1.83. The molecule has 0 saturated carbocycles. The summed E-state index contributed by atoms with van der Waals surface area (Å²) in [5, 5.41) is 0. The van der Waals surface area contributed by atoms with Crippen LogP contribution in [0, 0.1) is 0 Å². The molecule has 1 atom stereocenters. The first kappa shape index (κ1) is 5.82. The van der Waals surface area contributed by atoms with Crippen LogP contribution in [-0.4, -0.2) is 4.83 Å². The van der Waals surface area contributed by atoms with Gasteiger partial charge in [-0.15, -0.1) is 0 Å². The van der Waals surface area contributed by atoms with Crippen molar-refractivity contribution in [2.45, 2.75) is 4.83 Å². The molecule has 0 aromatic heterocycles. The second-order valence-corrected chi connectivity index (χ2v) is 3.57. The molecule has 0 N–H and O–H groups in total. The predicted molar refractivity (Wildman–Crippen MR) is 44.0 cm³/mol. The minimum Gasteiger partial charge on any atom is -0.0788 e. The smallest absolute Gasteiger partial charge is 0.0635 e. The van der Waals surface area contributed by atoms with Crippen LogP contribution in [0.1, 0.15) is 0 Å². The number of halogens is 2. The van der Waals surface area contributed by atoms with Gasteiger partial charge < -0.3 is 0 Å². The van der Waals surface area contributed by atoms with Gasteiger partial charge in [0.25, 0.3) is 0 Å². The van der Waals surface area contributed by atoms with Gasteiger partial charge in [0.1, 0.15) is 0 Å². The van der Waals surface area contributed by atoms with Crippen LogP contribution >= 0.6 is 38.5 Å². The monoisotopic (exact) mass is 270 g/mol. The highest BCUT2D eigenvalue weighted by Crippen LogP contribution is 2.24. The molecule has 0 spiro atoms. The lowest BCUT2D eigenvalue weighted by Gasteiger charge is -1.91. The Kier molecular flexibility index (Phi) is 1.92. The predicted octanol–water partition coefficient (Wildman–Crippen LogP) is 2.64. The highest BCUT2D eigenvalue weighted by atomic mass is 127. The van der Waals surface area contributed by atoms with Crippen molar-refractivity contribution in [1.29, 1.82) is 0 Å². The van der Waals surface area contributed by atoms with Crippen LogP contribution in [0.3, 0.4) is 0 Å². The van der Waals surface area contributed by atoms with Crippen LogP contribution in [0.2, 0.25) is 0 Å². The van der Waals surface area contributed by atoms with Gasteiger partial charge in [0.05, 0.1) is 4.83 Å². The summed E-state index contributed by atoms with van der Waals surface area (Å²) < 4.78 is 1.36. The molecular formula is C5H4BrI. The Morgan fingerprint density at radius 2 is 2.43 bits per heavy atom. The molecule has 0 aliphatic heterocycles. The van der Waals surface area contributed by atoms with Gasteiger partial charge >= 0.3 is 0 Å². The minimum absolute atomic E-state index is 0.494. The lowest BCUT2D eigenvalue weighted by atomic mass is 10.5. The van der Waals surface area contributed by atoms with E-state index < -0.39 is 0 Å². The first-order valence-electron chi connectivity index (χ1n) is 1.98. The molecule has 0 bridgehead atoms. The molecule has 1 aliphatic rings. The molecule has 0 fully saturated rings. The van der Waals surface area contributed by atoms with Crippen LogP contribution in [0.4, 0.5) is 0 Å². The maximum absolute atomic E-state index is 3.44. The first-order chi connectivity index (χ1) is 3.30. The van der Waals surface area contributed by atoms with E-state index in [0.29, 0.717) is 4.83 Å². The molecule has 0 aromatic rings. The second kappa shape index (κ2) is 2.31. The Balaban J connectivity index is 2.69. The van der Waals surface area contributed by atoms with Gasteiger partial charge in [0.2, 0.25) is 0 Å². The Morgan fingerprint density at radius 3 is 2.57 bits per heavy atom. The molecule has 0 nitrogen and oxygen atoms in total. The Morgan fingerprint density at radius 1 is 1.71 bits per heavy atom. The number of hydrogen-bond donors (Lipinski definition) is 0. The third-order valence-electron chi connectivity index (χ3n) is 0.799. The van der Waals surface area contributed by atoms with Crippen molar-refractivity contribution < 1.29 is 0 Å². The summed E-state index contributed by atoms with van der Waals surface area (Å²) in [6, 6.07) is 0. The van der Waals surface area contributed by atoms with Crippen molar-refractivity contribution in [2.24, 2.45) is 0 Å². The third kappa shape index (κ3) is 1.29. The SMILES string of the molecule is BrC1C=CC=C1I. The summed E-state index contributed by atoms with van der Waals surface area (Å²) in [5.41, 5.74) is 0. The average molecular weight is 271 g/mol. The fraction of sp³-hybridized carbons (Fsp3) is 0.200. The molecule has 1 aliphatic carbocycles. The highest BCUT2D eigenvalue weighted by Gasteiger charge is 2.04. The van der Waals surface area contributed by atoms with Crippen LogP contribution < -0.4 is 0 Å². The number of hydrogen-bond acceptors (Lipinski definition) is 0. The highest BCUT2D eigenvalue weighted by molar-refractivity contribution is 14.1. The molecule has 7 heavy (non-hydrogen) atoms. The van der Waals surface area contributed by atoms with Gasteiger partial charge in [-0.25, -0.2) is 0 Å². The van der Waals surface area contributed by atoms with Crippen LogP contribution in [0.25, 0.3) is 0 Å². The topological polar surface area (TPSA) is 0 Å². The summed E-state index contributed by atoms with van der Waals surface area (Å²) in [6.07, 6.45) is 6.27. The maximum Gasteiger partial charge on any atom is 0.0635 e. The lowest BCUT2D eigenvalue weighted by molar-refractivity contribution is 1.49. The zero-order chi connectivity index (χ0) is 5.28. The number of alkyl halides is 1. The van der Waals surface area contributed by atoms with Crippen molar-refractivity contribution in [3.05, 3.63) is 21.8 Å². The van der Waals surface area contributed by atoms with Crippen molar-refractivity contribution >= 4 is 38.5 Å². The largest absolute Gasteiger partial charge is 0.0788 e. The summed E-state index contributed by atoms with van der Waals surface area (Å²) >= 11 is 5.75. The molecule has 0 aromatic carbocycles. The average Bonchev–Trinajstić information content (AvgIpc) is 1.91. The molecule has 0 amide bonds. The van der Waals surface area contributed by atoms with Gasteiger partial charge in [-0.3, -0.25) is 0 Å². The van der Waals surface area contributed by atoms with E-state index >= 15 is 0 Å². The second-order valence-electron chi connectivity index (χ2n) is 1.34. The number of allylic oxidation sites excluding steroid dienone is 4. The van der Waals surface area contributed by atoms with Crippen molar-refractivity contribution in [3.63, 3.8) is 0 Å². The summed E-state index contributed by atoms with van der Waals surface area (Å²) in [4.78, 5) is 0.494. The maximum atomic E-state index is 3.44. The van der Waals surface area contributed by atoms with E-state index in [4.69, 9.17) is 0 Å². The van der Waals surface area contributed by atoms with Crippen LogP contribution in [0.5, 0.6) is 0 Å². The normalized spacial score (nSPS) is 28.3. The Bertz CT molecular complexity index is 126. The molecule has 1 rings (SSSR count). The zero-order valence-electron chi connectivity index (χ0n) is 3.57. The van der Waals surface area contributed by atoms with Crippen LogP contribution in [-0.2, 0) is 0 Å². The van der Waals surface area contributed by atoms with Gasteiger partial charge in [0.15, 0.2) is 0 Å². The van der Waals surface area contributed by atoms with E-state index in [1.54, 1.807) is 0 Å². The first-order valence-corrected chi connectivity index (χ1v) is 3.98. The van der Waals surface area contributed by atoms with Gasteiger partial charge in [-0.05, 0) is 22.6 Å². The van der Waals surface area contributed by atoms with E-state index in [-0.39, 0.29) is 0 Å². The molecule has 2 heteroatoms. The quantitative estimate of drug-likeness (QED) is 0.469. The molecule has 38 valence electrons. The molecular weight excluding hydrogens is 267 g/mol. The van der Waals surface area contributed by atoms with E-state index in [1.165, 1.54) is 3.58 Å². The van der Waals surface area contributed by atoms with Gasteiger partial charge in [-0.2, -0.15) is 0 Å². The molecule has 1 unspecified atom stereocenters. The molecule has 0 saturated heterocycles. The van der Waals surface area contributed by atoms with Crippen LogP contribution in [0.15, 0.2) is 21.8 Å². The molecule has 0 radical (unpaired) electrons. The molecule has 0 heterocycles. The standard InChI is InChI=1S/C5H4BrI/c6-4-2-1-3-5(4)7/h1-4H. The summed E-state index contributed by atoms with van der Waals surface area (Å²) in [5.74, 6) is 0. The Hall–Kier alpha value is 0.690. The fourth-order valence-electron chi connectivity index (χ4n) is 0.429. The minimum atomic E-state index is 0.494. The third-order valence-corrected chi connectivity index (χ3v) is 3.48. The van der Waals surface area contributed by atoms with E-state index in [2.05, 4.69) is 56.7 Å². The summed E-state index contributed by atoms with van der Waals surface area (Å²) in [7, 11) is 0. The van der Waals surface area contributed by atoms with Gasteiger partial charge in [0, 0.05) is 3.58 Å². The van der Waals surface area contributed by atoms with E-state index in [1.807, 2.05) is 0 Å². The fourth-order valence-corrected chi connectivity index (χ4v) is 1.17. The van der Waals surface area contributed by atoms with E-state index in [0.717, 1.165) is 0 Å². The van der Waals surface area contributed by atoms with Crippen molar-refractivity contribution in [1.82, 2.24) is 0 Å². The zero-order valence-corrected chi connectivity index (χ0v) is 7.31.